The Morgan fingerprint density at radius 3 is 2.64 bits per heavy atom. The van der Waals surface area contributed by atoms with Crippen LogP contribution in [0, 0.1) is 5.92 Å². The summed E-state index contributed by atoms with van der Waals surface area (Å²) < 4.78 is 23.3. The van der Waals surface area contributed by atoms with Gasteiger partial charge in [-0.25, -0.2) is 8.42 Å². The van der Waals surface area contributed by atoms with Gasteiger partial charge >= 0.3 is 0 Å². The van der Waals surface area contributed by atoms with E-state index >= 15 is 0 Å². The van der Waals surface area contributed by atoms with Crippen molar-refractivity contribution in [2.45, 2.75) is 20.8 Å². The van der Waals surface area contributed by atoms with Crippen LogP contribution in [0.15, 0.2) is 16.2 Å². The minimum absolute atomic E-state index is 0.0607. The van der Waals surface area contributed by atoms with Gasteiger partial charge in [0.25, 0.3) is 0 Å². The van der Waals surface area contributed by atoms with Gasteiger partial charge in [-0.1, -0.05) is 20.8 Å². The van der Waals surface area contributed by atoms with Crippen molar-refractivity contribution in [2.75, 3.05) is 5.75 Å². The Labute approximate surface area is 84.2 Å². The Kier molecular flexibility index (Phi) is 3.15. The van der Waals surface area contributed by atoms with Crippen molar-refractivity contribution in [3.8, 4) is 0 Å². The summed E-state index contributed by atoms with van der Waals surface area (Å²) in [6.07, 6.45) is 1.32. The molecule has 0 saturated carbocycles. The lowest BCUT2D eigenvalue weighted by atomic mass is 10.1. The second-order valence-corrected chi connectivity index (χ2v) is 5.52. The number of sulfone groups is 1. The predicted octanol–water partition coefficient (Wildman–Crippen LogP) is 0.397. The van der Waals surface area contributed by atoms with Gasteiger partial charge in [-0.05, 0) is 5.92 Å². The van der Waals surface area contributed by atoms with Gasteiger partial charge in [-0.2, -0.15) is 16.1 Å². The first-order valence-electron chi connectivity index (χ1n) is 4.44. The minimum atomic E-state index is -3.22. The Hall–Kier alpha value is -1.04. The first-order chi connectivity index (χ1) is 6.49. The third-order valence-corrected chi connectivity index (χ3v) is 3.67. The molecule has 1 N–H and O–H groups in total. The molecule has 0 spiro atoms. The van der Waals surface area contributed by atoms with Crippen molar-refractivity contribution in [3.63, 3.8) is 0 Å². The highest BCUT2D eigenvalue weighted by Gasteiger charge is 2.25. The lowest BCUT2D eigenvalue weighted by Gasteiger charge is -2.17. The third kappa shape index (κ3) is 2.06. The van der Waals surface area contributed by atoms with Gasteiger partial charge in [0.15, 0.2) is 9.84 Å². The van der Waals surface area contributed by atoms with E-state index in [0.29, 0.717) is 5.71 Å². The normalized spacial score (nSPS) is 16.9. The van der Waals surface area contributed by atoms with E-state index in [-0.39, 0.29) is 16.6 Å². The fourth-order valence-electron chi connectivity index (χ4n) is 1.10. The fourth-order valence-corrected chi connectivity index (χ4v) is 2.22. The van der Waals surface area contributed by atoms with Crippen LogP contribution in [0.5, 0.6) is 0 Å². The number of hydrazone groups is 1. The second-order valence-electron chi connectivity index (χ2n) is 3.28. The van der Waals surface area contributed by atoms with Crippen molar-refractivity contribution in [3.05, 3.63) is 11.1 Å². The number of nitrogens with one attached hydrogen (secondary N) is 1. The highest BCUT2D eigenvalue weighted by atomic mass is 32.2. The molecule has 0 fully saturated rings. The van der Waals surface area contributed by atoms with E-state index in [0.717, 1.165) is 0 Å². The highest BCUT2D eigenvalue weighted by Crippen LogP contribution is 2.16. The number of hydrogen-bond donors (Lipinski definition) is 1. The van der Waals surface area contributed by atoms with E-state index in [1.54, 1.807) is 6.92 Å². The van der Waals surface area contributed by atoms with Crippen LogP contribution in [-0.2, 0) is 9.84 Å². The summed E-state index contributed by atoms with van der Waals surface area (Å²) in [7, 11) is -3.22. The topological polar surface area (TPSA) is 72.6 Å². The van der Waals surface area contributed by atoms with Crippen molar-refractivity contribution >= 4 is 15.5 Å². The number of nitrogens with zero attached hydrogens (tertiary/aromatic N) is 2. The summed E-state index contributed by atoms with van der Waals surface area (Å²) in [5, 5.41) is 3.88. The molecule has 0 saturated heterocycles. The van der Waals surface area contributed by atoms with E-state index in [2.05, 4.69) is 16.1 Å². The Balaban J connectivity index is 3.10. The highest BCUT2D eigenvalue weighted by molar-refractivity contribution is 7.96. The first-order valence-corrected chi connectivity index (χ1v) is 6.10. The first kappa shape index (κ1) is 11.0. The van der Waals surface area contributed by atoms with Gasteiger partial charge in [0, 0.05) is 0 Å². The zero-order chi connectivity index (χ0) is 10.8. The van der Waals surface area contributed by atoms with E-state index in [9.17, 15) is 8.42 Å². The summed E-state index contributed by atoms with van der Waals surface area (Å²) >= 11 is 0. The molecule has 1 rings (SSSR count). The molecule has 1 aliphatic heterocycles. The molecule has 0 aromatic carbocycles. The summed E-state index contributed by atoms with van der Waals surface area (Å²) in [4.78, 5) is 0.230. The molecule has 0 aromatic rings. The summed E-state index contributed by atoms with van der Waals surface area (Å²) in [5.41, 5.74) is 6.58. The molecule has 0 atom stereocenters. The molecule has 0 unspecified atom stereocenters. The van der Waals surface area contributed by atoms with Gasteiger partial charge in [0.1, 0.15) is 4.91 Å². The predicted molar refractivity (Wildman–Crippen MR) is 55.1 cm³/mol. The van der Waals surface area contributed by atoms with Gasteiger partial charge in [0.2, 0.25) is 0 Å². The van der Waals surface area contributed by atoms with Gasteiger partial charge < -0.3 is 0 Å². The van der Waals surface area contributed by atoms with Gasteiger partial charge in [-0.3, -0.25) is 0 Å². The molecular weight excluding hydrogens is 202 g/mol. The molecule has 1 heterocycles. The molecule has 0 aliphatic carbocycles. The lowest BCUT2D eigenvalue weighted by Crippen LogP contribution is -2.30. The zero-order valence-corrected chi connectivity index (χ0v) is 9.30. The Morgan fingerprint density at radius 1 is 1.50 bits per heavy atom. The van der Waals surface area contributed by atoms with Crippen LogP contribution in [-0.4, -0.2) is 19.9 Å². The molecule has 1 aliphatic rings. The quantitative estimate of drug-likeness (QED) is 0.742. The van der Waals surface area contributed by atoms with E-state index < -0.39 is 9.84 Å². The molecule has 79 valence electrons. The second kappa shape index (κ2) is 4.00. The molecule has 6 heteroatoms. The number of allylic oxidation sites excluding steroid dienone is 1. The van der Waals surface area contributed by atoms with Crippen LogP contribution >= 0.6 is 0 Å². The molecule has 0 amide bonds. The zero-order valence-electron chi connectivity index (χ0n) is 8.48. The van der Waals surface area contributed by atoms with Crippen molar-refractivity contribution in [2.24, 2.45) is 11.0 Å². The van der Waals surface area contributed by atoms with Crippen LogP contribution in [0.2, 0.25) is 0 Å². The summed E-state index contributed by atoms with van der Waals surface area (Å²) in [6, 6.07) is 0. The lowest BCUT2D eigenvalue weighted by molar-refractivity contribution is 0.597. The van der Waals surface area contributed by atoms with Gasteiger partial charge in [-0.15, -0.1) is 0 Å². The van der Waals surface area contributed by atoms with E-state index in [4.69, 9.17) is 0 Å². The minimum Gasteiger partial charge on any atom is -0.224 e. The standard InChI is InChI=1S/C8H14N3O2S/c1-4-14(12,13)7-5-9-11-10-8(7)6(2)3/h5-6,11H,4H2,1-3H3. The Morgan fingerprint density at radius 2 is 2.14 bits per heavy atom. The van der Waals surface area contributed by atoms with Crippen LogP contribution in [0.1, 0.15) is 20.8 Å². The van der Waals surface area contributed by atoms with E-state index in [1.807, 2.05) is 13.8 Å². The third-order valence-electron chi connectivity index (χ3n) is 1.92. The SMILES string of the molecule is CCS(=O)(=O)C1=C[N]NN=C1C(C)C. The number of hydrogen-bond acceptors (Lipinski definition) is 4. The van der Waals surface area contributed by atoms with Crippen LogP contribution in [0.3, 0.4) is 0 Å². The molecule has 0 aromatic heterocycles. The van der Waals surface area contributed by atoms with Crippen molar-refractivity contribution in [1.82, 2.24) is 11.0 Å². The van der Waals surface area contributed by atoms with Crippen molar-refractivity contribution in [1.29, 1.82) is 0 Å². The van der Waals surface area contributed by atoms with Crippen LogP contribution in [0.4, 0.5) is 0 Å². The van der Waals surface area contributed by atoms with Gasteiger partial charge in [0.05, 0.1) is 17.7 Å². The molecule has 1 radical (unpaired) electrons. The molecule has 0 bridgehead atoms. The average Bonchev–Trinajstić information content (AvgIpc) is 2.18. The van der Waals surface area contributed by atoms with Crippen LogP contribution < -0.4 is 11.0 Å². The molecule has 5 nitrogen and oxygen atoms in total. The molecular formula is C8H14N3O2S. The average molecular weight is 216 g/mol. The largest absolute Gasteiger partial charge is 0.224 e. The maximum absolute atomic E-state index is 11.6. The monoisotopic (exact) mass is 216 g/mol. The van der Waals surface area contributed by atoms with Crippen molar-refractivity contribution < 1.29 is 8.42 Å². The smallest absolute Gasteiger partial charge is 0.181 e. The molecule has 14 heavy (non-hydrogen) atoms. The maximum Gasteiger partial charge on any atom is 0.181 e. The fraction of sp³-hybridized carbons (Fsp3) is 0.625. The van der Waals surface area contributed by atoms with Crippen LogP contribution in [0.25, 0.3) is 0 Å². The number of rotatable bonds is 3. The summed E-state index contributed by atoms with van der Waals surface area (Å²) in [5.74, 6) is 0.130. The maximum atomic E-state index is 11.6. The summed E-state index contributed by atoms with van der Waals surface area (Å²) in [6.45, 7) is 5.39. The Bertz CT molecular complexity index is 368. The van der Waals surface area contributed by atoms with E-state index in [1.165, 1.54) is 6.20 Å².